The number of fused-ring (bicyclic) bond motifs is 2. The van der Waals surface area contributed by atoms with E-state index in [2.05, 4.69) is 15.4 Å². The number of benzene rings is 1. The van der Waals surface area contributed by atoms with Gasteiger partial charge in [0.1, 0.15) is 0 Å². The number of aromatic amines is 1. The Labute approximate surface area is 146 Å². The molecule has 0 aliphatic carbocycles. The van der Waals surface area contributed by atoms with E-state index in [1.807, 2.05) is 47.2 Å². The van der Waals surface area contributed by atoms with E-state index in [0.29, 0.717) is 11.3 Å². The first-order valence-electron chi connectivity index (χ1n) is 8.66. The van der Waals surface area contributed by atoms with Crippen LogP contribution in [0.25, 0.3) is 0 Å². The highest BCUT2D eigenvalue weighted by atomic mass is 16.2. The van der Waals surface area contributed by atoms with Crippen molar-refractivity contribution in [2.45, 2.75) is 43.8 Å². The fourth-order valence-corrected chi connectivity index (χ4v) is 4.18. The van der Waals surface area contributed by atoms with Crippen LogP contribution in [-0.4, -0.2) is 62.2 Å². The molecule has 4 rings (SSSR count). The molecule has 0 saturated carbocycles. The number of H-pyrrole nitrogens is 1. The normalized spacial score (nSPS) is 25.0. The first-order valence-corrected chi connectivity index (χ1v) is 8.66. The zero-order chi connectivity index (χ0) is 17.4. The molecule has 1 N–H and O–H groups in total. The molecule has 2 aliphatic heterocycles. The van der Waals surface area contributed by atoms with Crippen molar-refractivity contribution in [3.8, 4) is 0 Å². The molecule has 7 nitrogen and oxygen atoms in total. The van der Waals surface area contributed by atoms with Gasteiger partial charge in [0.15, 0.2) is 5.69 Å². The van der Waals surface area contributed by atoms with Crippen molar-refractivity contribution >= 4 is 11.8 Å². The minimum atomic E-state index is -0.0586. The number of hydrogen-bond acceptors (Lipinski definition) is 4. The molecule has 2 bridgehead atoms. The maximum Gasteiger partial charge on any atom is 0.276 e. The molecule has 2 saturated heterocycles. The molecular weight excluding hydrogens is 318 g/mol. The lowest BCUT2D eigenvalue weighted by Gasteiger charge is -2.42. The first kappa shape index (κ1) is 15.8. The summed E-state index contributed by atoms with van der Waals surface area (Å²) in [6, 6.07) is 9.84. The number of rotatable bonds is 3. The van der Waals surface area contributed by atoms with Crippen LogP contribution >= 0.6 is 0 Å². The molecule has 2 atom stereocenters. The Morgan fingerprint density at radius 1 is 1.16 bits per heavy atom. The molecule has 25 heavy (non-hydrogen) atoms. The van der Waals surface area contributed by atoms with Gasteiger partial charge in [0, 0.05) is 30.7 Å². The highest BCUT2D eigenvalue weighted by Gasteiger charge is 2.45. The van der Waals surface area contributed by atoms with E-state index in [4.69, 9.17) is 0 Å². The Morgan fingerprint density at radius 2 is 1.84 bits per heavy atom. The van der Waals surface area contributed by atoms with Crippen molar-refractivity contribution in [3.05, 3.63) is 47.8 Å². The Balaban J connectivity index is 1.48. The van der Waals surface area contributed by atoms with Gasteiger partial charge in [-0.1, -0.05) is 18.2 Å². The number of carbonyl (C=O) groups is 2. The second-order valence-electron chi connectivity index (χ2n) is 6.86. The Bertz CT molecular complexity index is 747. The molecule has 2 aliphatic rings. The van der Waals surface area contributed by atoms with Crippen molar-refractivity contribution in [1.29, 1.82) is 0 Å². The minimum Gasteiger partial charge on any atom is -0.339 e. The van der Waals surface area contributed by atoms with E-state index in [1.165, 1.54) is 6.20 Å². The third-order valence-electron chi connectivity index (χ3n) is 5.47. The van der Waals surface area contributed by atoms with Gasteiger partial charge in [0.2, 0.25) is 0 Å². The maximum atomic E-state index is 12.7. The summed E-state index contributed by atoms with van der Waals surface area (Å²) < 4.78 is 0. The number of carbonyl (C=O) groups excluding carboxylic acids is 2. The van der Waals surface area contributed by atoms with Crippen LogP contribution in [0.4, 0.5) is 0 Å². The molecule has 130 valence electrons. The van der Waals surface area contributed by atoms with E-state index >= 15 is 0 Å². The summed E-state index contributed by atoms with van der Waals surface area (Å²) in [6.45, 7) is 0. The monoisotopic (exact) mass is 339 g/mol. The third kappa shape index (κ3) is 2.79. The average Bonchev–Trinajstić information content (AvgIpc) is 3.27. The lowest BCUT2D eigenvalue weighted by Crippen LogP contribution is -2.52. The van der Waals surface area contributed by atoms with Crippen molar-refractivity contribution in [1.82, 2.24) is 25.2 Å². The molecule has 7 heteroatoms. The van der Waals surface area contributed by atoms with Crippen LogP contribution in [0.3, 0.4) is 0 Å². The average molecular weight is 339 g/mol. The molecule has 2 unspecified atom stereocenters. The van der Waals surface area contributed by atoms with Gasteiger partial charge in [-0.25, -0.2) is 0 Å². The standard InChI is InChI=1S/C18H21N5O2/c1-22(17(24)12-5-3-2-4-6-12)15-9-13-7-8-14(10-15)23(13)18(25)16-11-19-21-20-16/h2-6,11,13-15H,7-10H2,1H3,(H,19,20,21). The van der Waals surface area contributed by atoms with E-state index in [-0.39, 0.29) is 29.9 Å². The molecule has 3 heterocycles. The van der Waals surface area contributed by atoms with Crippen LogP contribution in [0.2, 0.25) is 0 Å². The zero-order valence-corrected chi connectivity index (χ0v) is 14.1. The molecule has 1 aromatic carbocycles. The van der Waals surface area contributed by atoms with Crippen molar-refractivity contribution in [2.75, 3.05) is 7.05 Å². The summed E-state index contributed by atoms with van der Waals surface area (Å²) in [5.74, 6) is -0.0157. The van der Waals surface area contributed by atoms with E-state index in [0.717, 1.165) is 25.7 Å². The Kier molecular flexibility index (Phi) is 3.99. The second kappa shape index (κ2) is 6.31. The molecule has 1 aromatic heterocycles. The Hall–Kier alpha value is -2.70. The summed E-state index contributed by atoms with van der Waals surface area (Å²) in [5.41, 5.74) is 1.07. The predicted octanol–water partition coefficient (Wildman–Crippen LogP) is 1.71. The fraction of sp³-hybridized carbons (Fsp3) is 0.444. The van der Waals surface area contributed by atoms with Gasteiger partial charge in [0.25, 0.3) is 11.8 Å². The predicted molar refractivity (Wildman–Crippen MR) is 90.9 cm³/mol. The van der Waals surface area contributed by atoms with Crippen LogP contribution in [0.5, 0.6) is 0 Å². The Morgan fingerprint density at radius 3 is 2.44 bits per heavy atom. The van der Waals surface area contributed by atoms with Crippen LogP contribution in [0.1, 0.15) is 46.5 Å². The molecule has 2 amide bonds. The summed E-state index contributed by atoms with van der Waals surface area (Å²) in [7, 11) is 1.87. The summed E-state index contributed by atoms with van der Waals surface area (Å²) in [5, 5.41) is 10.1. The van der Waals surface area contributed by atoms with Gasteiger partial charge in [-0.2, -0.15) is 15.4 Å². The van der Waals surface area contributed by atoms with Crippen molar-refractivity contribution in [2.24, 2.45) is 0 Å². The van der Waals surface area contributed by atoms with Crippen LogP contribution in [0, 0.1) is 0 Å². The smallest absolute Gasteiger partial charge is 0.276 e. The van der Waals surface area contributed by atoms with Gasteiger partial charge in [-0.05, 0) is 37.8 Å². The van der Waals surface area contributed by atoms with E-state index in [1.54, 1.807) is 0 Å². The molecule has 2 fully saturated rings. The molecular formula is C18H21N5O2. The highest BCUT2D eigenvalue weighted by molar-refractivity contribution is 5.94. The highest BCUT2D eigenvalue weighted by Crippen LogP contribution is 2.38. The molecule has 0 spiro atoms. The molecule has 2 aromatic rings. The van der Waals surface area contributed by atoms with E-state index < -0.39 is 0 Å². The van der Waals surface area contributed by atoms with Gasteiger partial charge < -0.3 is 9.80 Å². The number of nitrogens with zero attached hydrogens (tertiary/aromatic N) is 4. The largest absolute Gasteiger partial charge is 0.339 e. The van der Waals surface area contributed by atoms with E-state index in [9.17, 15) is 9.59 Å². The van der Waals surface area contributed by atoms with Gasteiger partial charge in [0.05, 0.1) is 6.20 Å². The number of hydrogen-bond donors (Lipinski definition) is 1. The third-order valence-corrected chi connectivity index (χ3v) is 5.47. The lowest BCUT2D eigenvalue weighted by molar-refractivity contribution is 0.0403. The SMILES string of the molecule is CN(C(=O)c1ccccc1)C1CC2CCC(C1)N2C(=O)c1cn[nH]n1. The fourth-order valence-electron chi connectivity index (χ4n) is 4.18. The van der Waals surface area contributed by atoms with Crippen LogP contribution in [0.15, 0.2) is 36.5 Å². The second-order valence-corrected chi connectivity index (χ2v) is 6.86. The van der Waals surface area contributed by atoms with Gasteiger partial charge >= 0.3 is 0 Å². The van der Waals surface area contributed by atoms with Gasteiger partial charge in [-0.15, -0.1) is 0 Å². The minimum absolute atomic E-state index is 0.0428. The summed E-state index contributed by atoms with van der Waals surface area (Å²) >= 11 is 0. The lowest BCUT2D eigenvalue weighted by atomic mass is 9.95. The van der Waals surface area contributed by atoms with Gasteiger partial charge in [-0.3, -0.25) is 9.59 Å². The first-order chi connectivity index (χ1) is 12.1. The van der Waals surface area contributed by atoms with Crippen LogP contribution in [-0.2, 0) is 0 Å². The summed E-state index contributed by atoms with van der Waals surface area (Å²) in [6.07, 6.45) is 5.07. The maximum absolute atomic E-state index is 12.7. The van der Waals surface area contributed by atoms with Crippen molar-refractivity contribution < 1.29 is 9.59 Å². The number of nitrogens with one attached hydrogen (secondary N) is 1. The number of piperidine rings is 1. The summed E-state index contributed by atoms with van der Waals surface area (Å²) in [4.78, 5) is 29.2. The topological polar surface area (TPSA) is 82.2 Å². The van der Waals surface area contributed by atoms with Crippen molar-refractivity contribution in [3.63, 3.8) is 0 Å². The number of amides is 2. The molecule has 0 radical (unpaired) electrons. The number of aromatic nitrogens is 3. The van der Waals surface area contributed by atoms with Crippen LogP contribution < -0.4 is 0 Å². The zero-order valence-electron chi connectivity index (χ0n) is 14.1. The quantitative estimate of drug-likeness (QED) is 0.923.